The molecule has 29 heavy (non-hydrogen) atoms. The number of hydrogen-bond donors (Lipinski definition) is 0. The van der Waals surface area contributed by atoms with Crippen LogP contribution in [0.25, 0.3) is 32.7 Å². The zero-order chi connectivity index (χ0) is 20.5. The Bertz CT molecular complexity index is 1260. The van der Waals surface area contributed by atoms with Gasteiger partial charge in [-0.15, -0.1) is 0 Å². The molecule has 0 fully saturated rings. The summed E-state index contributed by atoms with van der Waals surface area (Å²) in [6, 6.07) is 16.5. The lowest BCUT2D eigenvalue weighted by molar-refractivity contribution is 0.577. The van der Waals surface area contributed by atoms with Crippen molar-refractivity contribution in [2.24, 2.45) is 0 Å². The number of unbranched alkanes of at least 4 members (excludes halogenated alkanes) is 1. The quantitative estimate of drug-likeness (QED) is 0.336. The first-order chi connectivity index (χ1) is 14.0. The molecule has 0 saturated heterocycles. The van der Waals surface area contributed by atoms with Gasteiger partial charge in [0.05, 0.1) is 0 Å². The van der Waals surface area contributed by atoms with Crippen LogP contribution in [-0.4, -0.2) is 0 Å². The number of rotatable bonds is 4. The van der Waals surface area contributed by atoms with Crippen LogP contribution in [-0.2, 0) is 6.42 Å². The van der Waals surface area contributed by atoms with Gasteiger partial charge in [-0.3, -0.25) is 0 Å². The third-order valence-electron chi connectivity index (χ3n) is 5.27. The zero-order valence-corrected chi connectivity index (χ0v) is 15.9. The van der Waals surface area contributed by atoms with E-state index in [1.54, 1.807) is 6.07 Å². The molecule has 0 amide bonds. The number of halogens is 3. The van der Waals surface area contributed by atoms with E-state index in [0.717, 1.165) is 52.9 Å². The Kier molecular flexibility index (Phi) is 4.98. The van der Waals surface area contributed by atoms with E-state index in [9.17, 15) is 13.2 Å². The number of hydrogen-bond acceptors (Lipinski definition) is 1. The summed E-state index contributed by atoms with van der Waals surface area (Å²) in [6.45, 7) is 2.15. The minimum absolute atomic E-state index is 0.0633. The lowest BCUT2D eigenvalue weighted by Crippen LogP contribution is -1.94. The van der Waals surface area contributed by atoms with Crippen molar-refractivity contribution in [2.75, 3.05) is 0 Å². The molecule has 0 unspecified atom stereocenters. The minimum Gasteiger partial charge on any atom is -0.206 e. The maximum absolute atomic E-state index is 14.9. The summed E-state index contributed by atoms with van der Waals surface area (Å²) in [5.74, 6) is -2.57. The normalized spacial score (nSPS) is 11.1. The Balaban J connectivity index is 1.86. The largest absolute Gasteiger partial charge is 0.206 e. The first-order valence-electron chi connectivity index (χ1n) is 9.56. The summed E-state index contributed by atoms with van der Waals surface area (Å²) in [5, 5.41) is 12.3. The maximum atomic E-state index is 14.9. The summed E-state index contributed by atoms with van der Waals surface area (Å²) in [6.07, 6.45) is 3.25. The highest BCUT2D eigenvalue weighted by Crippen LogP contribution is 2.33. The van der Waals surface area contributed by atoms with E-state index >= 15 is 0 Å². The van der Waals surface area contributed by atoms with Crippen molar-refractivity contribution in [3.05, 3.63) is 83.2 Å². The number of aryl methyl sites for hydroxylation is 1. The molecule has 0 atom stereocenters. The number of nitrogens with zero attached hydrogens (tertiary/aromatic N) is 1. The van der Waals surface area contributed by atoms with Gasteiger partial charge in [-0.25, -0.2) is 13.2 Å². The molecule has 0 saturated carbocycles. The second-order valence-corrected chi connectivity index (χ2v) is 7.20. The topological polar surface area (TPSA) is 23.8 Å². The fourth-order valence-corrected chi connectivity index (χ4v) is 3.73. The molecule has 144 valence electrons. The average molecular weight is 389 g/mol. The van der Waals surface area contributed by atoms with Gasteiger partial charge in [-0.2, -0.15) is 5.26 Å². The zero-order valence-electron chi connectivity index (χ0n) is 15.9. The third-order valence-corrected chi connectivity index (χ3v) is 5.27. The van der Waals surface area contributed by atoms with Crippen LogP contribution in [0.5, 0.6) is 0 Å². The summed E-state index contributed by atoms with van der Waals surface area (Å²) < 4.78 is 42.9. The average Bonchev–Trinajstić information content (AvgIpc) is 2.71. The fourth-order valence-electron chi connectivity index (χ4n) is 3.73. The van der Waals surface area contributed by atoms with E-state index in [0.29, 0.717) is 0 Å². The molecule has 0 spiro atoms. The Morgan fingerprint density at radius 1 is 0.793 bits per heavy atom. The minimum atomic E-state index is -1.000. The van der Waals surface area contributed by atoms with E-state index < -0.39 is 23.0 Å². The lowest BCUT2D eigenvalue weighted by Gasteiger charge is -2.11. The van der Waals surface area contributed by atoms with E-state index in [2.05, 4.69) is 19.1 Å². The van der Waals surface area contributed by atoms with Crippen molar-refractivity contribution in [2.45, 2.75) is 26.2 Å². The van der Waals surface area contributed by atoms with Gasteiger partial charge in [0.1, 0.15) is 29.1 Å². The van der Waals surface area contributed by atoms with Crippen LogP contribution < -0.4 is 0 Å². The highest BCUT2D eigenvalue weighted by Gasteiger charge is 2.15. The predicted octanol–water partition coefficient (Wildman–Crippen LogP) is 7.29. The van der Waals surface area contributed by atoms with Crippen LogP contribution in [0.15, 0.2) is 54.6 Å². The molecule has 0 bridgehead atoms. The van der Waals surface area contributed by atoms with Gasteiger partial charge in [0, 0.05) is 5.56 Å². The van der Waals surface area contributed by atoms with E-state index in [1.165, 1.54) is 17.7 Å². The second-order valence-electron chi connectivity index (χ2n) is 7.20. The fraction of sp³-hybridized carbons (Fsp3) is 0.160. The van der Waals surface area contributed by atoms with Crippen molar-refractivity contribution in [1.29, 1.82) is 5.26 Å². The predicted molar refractivity (Wildman–Crippen MR) is 110 cm³/mol. The molecule has 4 rings (SSSR count). The van der Waals surface area contributed by atoms with Crippen molar-refractivity contribution in [3.8, 4) is 17.2 Å². The van der Waals surface area contributed by atoms with Crippen molar-refractivity contribution in [3.63, 3.8) is 0 Å². The smallest absolute Gasteiger partial charge is 0.144 e. The second kappa shape index (κ2) is 7.60. The molecule has 4 heteroatoms. The van der Waals surface area contributed by atoms with Crippen molar-refractivity contribution < 1.29 is 13.2 Å². The van der Waals surface area contributed by atoms with E-state index in [-0.39, 0.29) is 11.1 Å². The van der Waals surface area contributed by atoms with Crippen LogP contribution in [0, 0.1) is 28.8 Å². The van der Waals surface area contributed by atoms with Gasteiger partial charge in [-0.1, -0.05) is 43.7 Å². The lowest BCUT2D eigenvalue weighted by atomic mass is 9.95. The summed E-state index contributed by atoms with van der Waals surface area (Å²) in [5.41, 5.74) is 0.742. The molecule has 0 aliphatic rings. The van der Waals surface area contributed by atoms with Gasteiger partial charge in [-0.05, 0) is 69.8 Å². The molecular formula is C25H18F3N. The maximum Gasteiger partial charge on any atom is 0.144 e. The number of nitriles is 1. The molecule has 4 aromatic rings. The Morgan fingerprint density at radius 3 is 2.14 bits per heavy atom. The van der Waals surface area contributed by atoms with Gasteiger partial charge < -0.3 is 0 Å². The van der Waals surface area contributed by atoms with Gasteiger partial charge >= 0.3 is 0 Å². The summed E-state index contributed by atoms with van der Waals surface area (Å²) in [4.78, 5) is 0. The molecule has 0 aliphatic heterocycles. The number of benzene rings is 4. The highest BCUT2D eigenvalue weighted by molar-refractivity contribution is 6.08. The first-order valence-corrected chi connectivity index (χ1v) is 9.56. The van der Waals surface area contributed by atoms with Crippen LogP contribution >= 0.6 is 0 Å². The van der Waals surface area contributed by atoms with Crippen LogP contribution in [0.3, 0.4) is 0 Å². The molecule has 0 heterocycles. The van der Waals surface area contributed by atoms with Crippen molar-refractivity contribution >= 4 is 21.5 Å². The molecule has 0 aliphatic carbocycles. The molecule has 4 aromatic carbocycles. The summed E-state index contributed by atoms with van der Waals surface area (Å²) in [7, 11) is 0. The molecule has 0 radical (unpaired) electrons. The molecule has 1 nitrogen and oxygen atoms in total. The van der Waals surface area contributed by atoms with Crippen LogP contribution in [0.1, 0.15) is 30.9 Å². The number of fused-ring (bicyclic) bond motifs is 3. The third kappa shape index (κ3) is 3.45. The van der Waals surface area contributed by atoms with Gasteiger partial charge in [0.25, 0.3) is 0 Å². The molecule has 0 N–H and O–H groups in total. The Hall–Kier alpha value is -3.32. The Labute approximate surface area is 167 Å². The van der Waals surface area contributed by atoms with Crippen LogP contribution in [0.2, 0.25) is 0 Å². The standard InChI is InChI=1S/C25H18F3N/c1-2-3-4-15-5-8-19-16(9-15)6-7-17-10-21(25(28)13-20(17)19)18-11-23(26)22(14-29)24(27)12-18/h5-13H,2-4H2,1H3. The molecular weight excluding hydrogens is 371 g/mol. The van der Waals surface area contributed by atoms with Crippen LogP contribution in [0.4, 0.5) is 13.2 Å². The summed E-state index contributed by atoms with van der Waals surface area (Å²) >= 11 is 0. The Morgan fingerprint density at radius 2 is 1.48 bits per heavy atom. The first kappa shape index (κ1) is 19.0. The van der Waals surface area contributed by atoms with Gasteiger partial charge in [0.15, 0.2) is 0 Å². The monoisotopic (exact) mass is 389 g/mol. The highest BCUT2D eigenvalue weighted by atomic mass is 19.1. The SMILES string of the molecule is CCCCc1ccc2c(ccc3cc(-c4cc(F)c(C#N)c(F)c4)c(F)cc32)c1. The van der Waals surface area contributed by atoms with E-state index in [4.69, 9.17) is 5.26 Å². The van der Waals surface area contributed by atoms with Gasteiger partial charge in [0.2, 0.25) is 0 Å². The van der Waals surface area contributed by atoms with E-state index in [1.807, 2.05) is 18.2 Å². The van der Waals surface area contributed by atoms with Crippen molar-refractivity contribution in [1.82, 2.24) is 0 Å². The molecule has 0 aromatic heterocycles.